The first kappa shape index (κ1) is 17.8. The molecule has 0 spiro atoms. The van der Waals surface area contributed by atoms with Crippen molar-refractivity contribution in [3.05, 3.63) is 18.2 Å². The van der Waals surface area contributed by atoms with E-state index in [0.29, 0.717) is 13.0 Å². The smallest absolute Gasteiger partial charge is 0.318 e. The molecule has 1 rings (SSSR count). The third kappa shape index (κ3) is 4.15. The largest absolute Gasteiger partial charge is 0.480 e. The van der Waals surface area contributed by atoms with Crippen molar-refractivity contribution in [2.45, 2.75) is 26.7 Å². The van der Waals surface area contributed by atoms with E-state index in [2.05, 4.69) is 9.97 Å². The molecule has 1 aromatic heterocycles. The van der Waals surface area contributed by atoms with Crippen LogP contribution in [0.4, 0.5) is 0 Å². The molecule has 0 aliphatic carbocycles. The van der Waals surface area contributed by atoms with E-state index in [9.17, 15) is 9.59 Å². The number of amides is 1. The molecular formula is C12H18N3O3Pd-. The number of aromatic nitrogens is 2. The van der Waals surface area contributed by atoms with Crippen molar-refractivity contribution in [3.8, 4) is 0 Å². The number of carbonyl (C=O) groups is 2. The van der Waals surface area contributed by atoms with E-state index in [1.54, 1.807) is 20.2 Å². The summed E-state index contributed by atoms with van der Waals surface area (Å²) < 4.78 is 0. The predicted octanol–water partition coefficient (Wildman–Crippen LogP) is 0.538. The second-order valence-corrected chi connectivity index (χ2v) is 4.48. The molecule has 19 heavy (non-hydrogen) atoms. The number of carboxylic acid groups (broad SMARTS) is 1. The van der Waals surface area contributed by atoms with Crippen LogP contribution in [-0.2, 0) is 36.4 Å². The van der Waals surface area contributed by atoms with Gasteiger partial charge in [0.25, 0.3) is 0 Å². The van der Waals surface area contributed by atoms with Crippen LogP contribution in [0, 0.1) is 5.41 Å². The van der Waals surface area contributed by atoms with E-state index < -0.39 is 11.4 Å². The van der Waals surface area contributed by atoms with E-state index in [1.165, 1.54) is 18.2 Å². The minimum atomic E-state index is -1.35. The van der Waals surface area contributed by atoms with E-state index in [4.69, 9.17) is 5.11 Å². The molecule has 0 fully saturated rings. The van der Waals surface area contributed by atoms with E-state index in [0.717, 1.165) is 5.69 Å². The van der Waals surface area contributed by atoms with Gasteiger partial charge in [0.05, 0.1) is 0 Å². The fourth-order valence-electron chi connectivity index (χ4n) is 1.59. The van der Waals surface area contributed by atoms with Crippen molar-refractivity contribution in [1.82, 2.24) is 14.9 Å². The second kappa shape index (κ2) is 7.41. The summed E-state index contributed by atoms with van der Waals surface area (Å²) in [5.74, 6) is -1.47. The number of nitrogens with zero attached hydrogens (tertiary/aromatic N) is 3. The molecule has 7 heteroatoms. The molecule has 1 aromatic rings. The van der Waals surface area contributed by atoms with E-state index in [-0.39, 0.29) is 32.8 Å². The Morgan fingerprint density at radius 1 is 1.53 bits per heavy atom. The molecule has 110 valence electrons. The maximum Gasteiger partial charge on any atom is 0.318 e. The van der Waals surface area contributed by atoms with Crippen LogP contribution in [0.1, 0.15) is 26.0 Å². The summed E-state index contributed by atoms with van der Waals surface area (Å²) >= 11 is 0. The Balaban J connectivity index is 0.00000324. The molecule has 0 saturated carbocycles. The first-order valence-electron chi connectivity index (χ1n) is 5.82. The Bertz CT molecular complexity index is 422. The molecule has 0 radical (unpaired) electrons. The Kier molecular flexibility index (Phi) is 6.95. The zero-order valence-electron chi connectivity index (χ0n) is 11.2. The van der Waals surface area contributed by atoms with Crippen LogP contribution in [0.15, 0.2) is 12.5 Å². The molecule has 0 aliphatic rings. The molecule has 0 bridgehead atoms. The van der Waals surface area contributed by atoms with Gasteiger partial charge in [-0.25, -0.2) is 0 Å². The molecule has 1 atom stereocenters. The third-order valence-corrected chi connectivity index (χ3v) is 3.21. The van der Waals surface area contributed by atoms with Gasteiger partial charge in [0, 0.05) is 34.0 Å². The molecule has 1 N–H and O–H groups in total. The van der Waals surface area contributed by atoms with Gasteiger partial charge in [0.2, 0.25) is 5.91 Å². The van der Waals surface area contributed by atoms with E-state index in [1.807, 2.05) is 0 Å². The van der Waals surface area contributed by atoms with Gasteiger partial charge in [0.1, 0.15) is 5.41 Å². The fourth-order valence-corrected chi connectivity index (χ4v) is 1.59. The number of rotatable bonds is 6. The van der Waals surface area contributed by atoms with Crippen molar-refractivity contribution in [3.63, 3.8) is 0 Å². The topological polar surface area (TPSA) is 84.6 Å². The maximum atomic E-state index is 12.1. The maximum absolute atomic E-state index is 12.1. The van der Waals surface area contributed by atoms with Gasteiger partial charge in [-0.15, -0.1) is 0 Å². The van der Waals surface area contributed by atoms with Gasteiger partial charge >= 0.3 is 5.97 Å². The quantitative estimate of drug-likeness (QED) is 0.592. The van der Waals surface area contributed by atoms with Crippen LogP contribution in [0.3, 0.4) is 0 Å². The van der Waals surface area contributed by atoms with Gasteiger partial charge < -0.3 is 20.0 Å². The SMILES string of the molecule is CCC(C)(C(=O)O)C(=O)N(C)CCc1cnc[n-]1.[Pd]. The Hall–Kier alpha value is -1.19. The Morgan fingerprint density at radius 2 is 2.16 bits per heavy atom. The number of imidazole rings is 1. The number of carboxylic acids is 1. The first-order valence-corrected chi connectivity index (χ1v) is 5.82. The van der Waals surface area contributed by atoms with Gasteiger partial charge in [-0.1, -0.05) is 25.1 Å². The summed E-state index contributed by atoms with van der Waals surface area (Å²) in [7, 11) is 1.61. The monoisotopic (exact) mass is 358 g/mol. The molecule has 0 aliphatic heterocycles. The molecule has 0 saturated heterocycles. The summed E-state index contributed by atoms with van der Waals surface area (Å²) in [5.41, 5.74) is -0.560. The standard InChI is InChI=1S/C12H19N3O3.Pd/c1-4-12(2,11(17)18)10(16)15(3)6-5-9-7-13-8-14-9;/h7-8H,4-6H2,1-3H3,(H2,13,14,17,18);/p-1. The Morgan fingerprint density at radius 3 is 2.58 bits per heavy atom. The van der Waals surface area contributed by atoms with E-state index >= 15 is 0 Å². The third-order valence-electron chi connectivity index (χ3n) is 3.21. The number of hydrogen-bond acceptors (Lipinski definition) is 3. The predicted molar refractivity (Wildman–Crippen MR) is 64.9 cm³/mol. The minimum Gasteiger partial charge on any atom is -0.480 e. The first-order chi connectivity index (χ1) is 8.41. The number of carbonyl (C=O) groups excluding carboxylic acids is 1. The van der Waals surface area contributed by atoms with Crippen LogP contribution in [0.5, 0.6) is 0 Å². The van der Waals surface area contributed by atoms with Crippen LogP contribution >= 0.6 is 0 Å². The molecular weight excluding hydrogens is 341 g/mol. The summed E-state index contributed by atoms with van der Waals surface area (Å²) in [6.45, 7) is 3.58. The van der Waals surface area contributed by atoms with Crippen LogP contribution in [0.25, 0.3) is 0 Å². The minimum absolute atomic E-state index is 0. The van der Waals surface area contributed by atoms with Crippen LogP contribution in [0.2, 0.25) is 0 Å². The number of likely N-dealkylation sites (N-methyl/N-ethyl adjacent to an activating group) is 1. The molecule has 1 amide bonds. The normalized spacial score (nSPS) is 13.2. The van der Waals surface area contributed by atoms with Gasteiger partial charge in [-0.3, -0.25) is 9.59 Å². The zero-order chi connectivity index (χ0) is 13.8. The number of hydrogen-bond donors (Lipinski definition) is 1. The number of aliphatic carboxylic acids is 1. The molecule has 0 aromatic carbocycles. The van der Waals surface area contributed by atoms with Crippen molar-refractivity contribution in [2.24, 2.45) is 5.41 Å². The van der Waals surface area contributed by atoms with Gasteiger partial charge in [0.15, 0.2) is 0 Å². The summed E-state index contributed by atoms with van der Waals surface area (Å²) in [6.07, 6.45) is 3.92. The van der Waals surface area contributed by atoms with Crippen molar-refractivity contribution < 1.29 is 35.1 Å². The summed E-state index contributed by atoms with van der Waals surface area (Å²) in [5, 5.41) is 9.13. The van der Waals surface area contributed by atoms with Gasteiger partial charge in [-0.2, -0.15) is 0 Å². The molecule has 1 unspecified atom stereocenters. The van der Waals surface area contributed by atoms with Crippen LogP contribution < -0.4 is 4.98 Å². The average Bonchev–Trinajstić information content (AvgIpc) is 2.86. The second-order valence-electron chi connectivity index (χ2n) is 4.48. The Labute approximate surface area is 126 Å². The van der Waals surface area contributed by atoms with Crippen molar-refractivity contribution in [2.75, 3.05) is 13.6 Å². The van der Waals surface area contributed by atoms with Crippen molar-refractivity contribution in [1.29, 1.82) is 0 Å². The zero-order valence-corrected chi connectivity index (χ0v) is 12.8. The molecule has 6 nitrogen and oxygen atoms in total. The van der Waals surface area contributed by atoms with Crippen LogP contribution in [-0.4, -0.2) is 40.5 Å². The summed E-state index contributed by atoms with van der Waals surface area (Å²) in [6, 6.07) is 0. The van der Waals surface area contributed by atoms with Crippen molar-refractivity contribution >= 4 is 11.9 Å². The average molecular weight is 359 g/mol. The summed E-state index contributed by atoms with van der Waals surface area (Å²) in [4.78, 5) is 32.5. The fraction of sp³-hybridized carbons (Fsp3) is 0.583. The van der Waals surface area contributed by atoms with Gasteiger partial charge in [-0.05, 0) is 19.8 Å². The molecule has 1 heterocycles.